The molecule has 0 radical (unpaired) electrons. The number of carbonyl (C=O) groups is 1. The van der Waals surface area contributed by atoms with Gasteiger partial charge in [-0.1, -0.05) is 11.9 Å². The molecule has 6 nitrogen and oxygen atoms in total. The second kappa shape index (κ2) is 7.14. The van der Waals surface area contributed by atoms with Crippen LogP contribution in [0.15, 0.2) is 16.9 Å². The fourth-order valence-electron chi connectivity index (χ4n) is 5.61. The van der Waals surface area contributed by atoms with Crippen LogP contribution in [-0.4, -0.2) is 33.9 Å². The molecule has 2 aliphatic heterocycles. The summed E-state index contributed by atoms with van der Waals surface area (Å²) in [6, 6.07) is 3.45. The van der Waals surface area contributed by atoms with Gasteiger partial charge in [0.15, 0.2) is 0 Å². The number of ether oxygens (including phenoxy) is 1. The van der Waals surface area contributed by atoms with Crippen molar-refractivity contribution in [1.29, 1.82) is 0 Å². The van der Waals surface area contributed by atoms with E-state index in [1.54, 1.807) is 23.4 Å². The maximum atomic E-state index is 14.8. The zero-order chi connectivity index (χ0) is 23.2. The molecule has 4 heterocycles. The van der Waals surface area contributed by atoms with Gasteiger partial charge in [-0.15, -0.1) is 0 Å². The molecule has 0 saturated carbocycles. The van der Waals surface area contributed by atoms with Crippen LogP contribution in [0, 0.1) is 12.7 Å². The molecule has 0 amide bonds. The lowest BCUT2D eigenvalue weighted by atomic mass is 9.84. The van der Waals surface area contributed by atoms with Gasteiger partial charge in [0.2, 0.25) is 0 Å². The molecule has 0 N–H and O–H groups in total. The number of carbonyl (C=O) groups excluding carboxylic acids is 1. The second-order valence-corrected chi connectivity index (χ2v) is 10.8. The highest BCUT2D eigenvalue weighted by Crippen LogP contribution is 2.49. The van der Waals surface area contributed by atoms with E-state index in [1.807, 2.05) is 27.1 Å². The molecular formula is C25H24FN3O3S. The molecule has 0 saturated heterocycles. The number of esters is 1. The van der Waals surface area contributed by atoms with E-state index >= 15 is 0 Å². The maximum Gasteiger partial charge on any atom is 0.313 e. The number of halogens is 1. The predicted octanol–water partition coefficient (Wildman–Crippen LogP) is 4.23. The molecule has 0 fully saturated rings. The predicted molar refractivity (Wildman–Crippen MR) is 126 cm³/mol. The van der Waals surface area contributed by atoms with Crippen molar-refractivity contribution in [2.75, 3.05) is 14.1 Å². The average molecular weight is 466 g/mol. The minimum Gasteiger partial charge on any atom is -0.460 e. The van der Waals surface area contributed by atoms with E-state index in [9.17, 15) is 14.0 Å². The van der Waals surface area contributed by atoms with E-state index in [4.69, 9.17) is 9.72 Å². The van der Waals surface area contributed by atoms with E-state index in [-0.39, 0.29) is 29.2 Å². The lowest BCUT2D eigenvalue weighted by Gasteiger charge is -2.30. The summed E-state index contributed by atoms with van der Waals surface area (Å²) in [6.45, 7) is 4.03. The van der Waals surface area contributed by atoms with Gasteiger partial charge in [0.1, 0.15) is 12.4 Å². The van der Waals surface area contributed by atoms with Crippen molar-refractivity contribution in [3.05, 3.63) is 61.7 Å². The Balaban J connectivity index is 1.67. The van der Waals surface area contributed by atoms with Crippen molar-refractivity contribution in [3.63, 3.8) is 0 Å². The van der Waals surface area contributed by atoms with E-state index in [0.717, 1.165) is 35.0 Å². The normalized spacial score (nSPS) is 20.6. The molecule has 6 rings (SSSR count). The number of cyclic esters (lactones) is 1. The summed E-state index contributed by atoms with van der Waals surface area (Å²) in [4.78, 5) is 30.5. The fraction of sp³-hybridized carbons (Fsp3) is 0.400. The van der Waals surface area contributed by atoms with Crippen molar-refractivity contribution < 1.29 is 13.9 Å². The minimum absolute atomic E-state index is 0.00386. The first-order chi connectivity index (χ1) is 15.8. The van der Waals surface area contributed by atoms with Crippen LogP contribution in [0.1, 0.15) is 57.9 Å². The van der Waals surface area contributed by atoms with Crippen LogP contribution in [0.2, 0.25) is 0 Å². The molecule has 0 bridgehead atoms. The topological polar surface area (TPSA) is 64.4 Å². The molecule has 33 heavy (non-hydrogen) atoms. The van der Waals surface area contributed by atoms with Gasteiger partial charge in [-0.3, -0.25) is 13.9 Å². The van der Waals surface area contributed by atoms with Gasteiger partial charge < -0.3 is 9.30 Å². The molecule has 1 aliphatic carbocycles. The second-order valence-electron chi connectivity index (χ2n) is 9.34. The number of fused-ring (bicyclic) bond motifs is 5. The first-order valence-electron chi connectivity index (χ1n) is 11.2. The van der Waals surface area contributed by atoms with Crippen LogP contribution in [0.4, 0.5) is 4.39 Å². The van der Waals surface area contributed by atoms with Crippen LogP contribution in [0.5, 0.6) is 0 Å². The van der Waals surface area contributed by atoms with Crippen LogP contribution in [-0.2, 0) is 29.1 Å². The summed E-state index contributed by atoms with van der Waals surface area (Å²) < 4.78 is 23.9. The third-order valence-electron chi connectivity index (χ3n) is 7.23. The highest BCUT2D eigenvalue weighted by atomic mass is 32.2. The summed E-state index contributed by atoms with van der Waals surface area (Å²) in [5.41, 5.74) is 7.10. The zero-order valence-corrected chi connectivity index (χ0v) is 19.8. The van der Waals surface area contributed by atoms with Crippen molar-refractivity contribution in [2.24, 2.45) is 0 Å². The van der Waals surface area contributed by atoms with Crippen molar-refractivity contribution >= 4 is 28.8 Å². The van der Waals surface area contributed by atoms with E-state index in [0.29, 0.717) is 34.4 Å². The number of aryl methyl sites for hydroxylation is 1. The van der Waals surface area contributed by atoms with Crippen LogP contribution < -0.4 is 5.56 Å². The number of nitrogens with zero attached hydrogens (tertiary/aromatic N) is 3. The molecule has 0 spiro atoms. The number of aromatic nitrogens is 2. The monoisotopic (exact) mass is 465 g/mol. The van der Waals surface area contributed by atoms with Gasteiger partial charge in [0.25, 0.3) is 5.56 Å². The Morgan fingerprint density at radius 3 is 2.76 bits per heavy atom. The van der Waals surface area contributed by atoms with E-state index in [1.165, 1.54) is 11.6 Å². The summed E-state index contributed by atoms with van der Waals surface area (Å²) in [5.74, 6) is -1.07. The minimum atomic E-state index is -0.501. The molecule has 8 heteroatoms. The SMILES string of the molecule is Cc1c(F)cc2nc3c(c4c2c1CCC4SN(C)C)Cn1c-3cc2c(c1=O)COC(=O)C2C. The quantitative estimate of drug-likeness (QED) is 0.326. The highest BCUT2D eigenvalue weighted by molar-refractivity contribution is 7.97. The lowest BCUT2D eigenvalue weighted by molar-refractivity contribution is -0.147. The largest absolute Gasteiger partial charge is 0.460 e. The van der Waals surface area contributed by atoms with Gasteiger partial charge in [-0.25, -0.2) is 9.37 Å². The molecule has 3 aromatic rings. The Kier molecular flexibility index (Phi) is 4.52. The van der Waals surface area contributed by atoms with Crippen molar-refractivity contribution in [2.45, 2.75) is 51.0 Å². The van der Waals surface area contributed by atoms with Crippen molar-refractivity contribution in [3.8, 4) is 11.4 Å². The van der Waals surface area contributed by atoms with Gasteiger partial charge in [-0.2, -0.15) is 0 Å². The summed E-state index contributed by atoms with van der Waals surface area (Å²) in [5, 5.41) is 1.23. The van der Waals surface area contributed by atoms with Crippen molar-refractivity contribution in [1.82, 2.24) is 13.9 Å². The van der Waals surface area contributed by atoms with Gasteiger partial charge >= 0.3 is 5.97 Å². The third kappa shape index (κ3) is 2.86. The number of hydrogen-bond acceptors (Lipinski definition) is 6. The summed E-state index contributed by atoms with van der Waals surface area (Å²) in [7, 11) is 4.06. The van der Waals surface area contributed by atoms with Gasteiger partial charge in [-0.05, 0) is 69.1 Å². The third-order valence-corrected chi connectivity index (χ3v) is 8.38. The van der Waals surface area contributed by atoms with E-state index in [2.05, 4.69) is 4.31 Å². The van der Waals surface area contributed by atoms with Gasteiger partial charge in [0.05, 0.1) is 34.9 Å². The van der Waals surface area contributed by atoms with Crippen LogP contribution in [0.3, 0.4) is 0 Å². The summed E-state index contributed by atoms with van der Waals surface area (Å²) >= 11 is 1.76. The van der Waals surface area contributed by atoms with Crippen LogP contribution >= 0.6 is 11.9 Å². The molecule has 2 unspecified atom stereocenters. The van der Waals surface area contributed by atoms with Gasteiger partial charge in [0, 0.05) is 22.3 Å². The Labute approximate surface area is 194 Å². The molecule has 170 valence electrons. The Morgan fingerprint density at radius 1 is 1.21 bits per heavy atom. The zero-order valence-electron chi connectivity index (χ0n) is 19.0. The Morgan fingerprint density at radius 2 is 2.00 bits per heavy atom. The van der Waals surface area contributed by atoms with E-state index < -0.39 is 5.92 Å². The molecule has 3 aliphatic rings. The maximum absolute atomic E-state index is 14.8. The smallest absolute Gasteiger partial charge is 0.313 e. The standard InChI is InChI=1S/C25H24FN3O3S/c1-11-13-5-6-20(33-28(3)4)22-15-9-29-19(23(15)27-18(21(13)22)8-17(11)26)7-14-12(2)25(31)32-10-16(14)24(29)30/h7-8,12,20H,5-6,9-10H2,1-4H3. The molecule has 2 aromatic heterocycles. The number of pyridine rings is 2. The Bertz CT molecular complexity index is 1450. The number of benzene rings is 1. The fourth-order valence-corrected chi connectivity index (χ4v) is 6.71. The first-order valence-corrected chi connectivity index (χ1v) is 12.0. The number of rotatable bonds is 2. The highest BCUT2D eigenvalue weighted by Gasteiger charge is 2.37. The number of hydrogen-bond donors (Lipinski definition) is 0. The molecule has 1 aromatic carbocycles. The Hall–Kier alpha value is -2.71. The molecular weight excluding hydrogens is 441 g/mol. The molecule has 2 atom stereocenters. The average Bonchev–Trinajstić information content (AvgIpc) is 3.14. The summed E-state index contributed by atoms with van der Waals surface area (Å²) in [6.07, 6.45) is 1.70. The first kappa shape index (κ1) is 20.9. The van der Waals surface area contributed by atoms with Crippen LogP contribution in [0.25, 0.3) is 22.3 Å². The lowest BCUT2D eigenvalue weighted by Crippen LogP contribution is -2.31.